The summed E-state index contributed by atoms with van der Waals surface area (Å²) >= 11 is 0. The topological polar surface area (TPSA) is 62.9 Å². The number of nitrogens with zero attached hydrogens (tertiary/aromatic N) is 1. The van der Waals surface area contributed by atoms with E-state index in [-0.39, 0.29) is 12.5 Å². The van der Waals surface area contributed by atoms with Crippen LogP contribution in [0, 0.1) is 6.92 Å². The number of carbonyl (C=O) groups is 1. The molecule has 5 heteroatoms. The van der Waals surface area contributed by atoms with E-state index in [1.165, 1.54) is 5.56 Å². The van der Waals surface area contributed by atoms with Crippen LogP contribution in [0.1, 0.15) is 30.6 Å². The first-order valence-corrected chi connectivity index (χ1v) is 6.74. The van der Waals surface area contributed by atoms with Crippen LogP contribution < -0.4 is 0 Å². The molecular formula is C14H21NO4. The monoisotopic (exact) mass is 267 g/mol. The molecule has 19 heavy (non-hydrogen) atoms. The number of furan rings is 1. The highest BCUT2D eigenvalue weighted by atomic mass is 16.5. The lowest BCUT2D eigenvalue weighted by molar-refractivity contribution is -0.138. The first kappa shape index (κ1) is 14.1. The van der Waals surface area contributed by atoms with Crippen molar-refractivity contribution in [3.05, 3.63) is 23.7 Å². The number of aliphatic carboxylic acids is 1. The Kier molecular flexibility index (Phi) is 4.99. The van der Waals surface area contributed by atoms with Gasteiger partial charge in [0.25, 0.3) is 0 Å². The number of carboxylic acids is 1. The lowest BCUT2D eigenvalue weighted by Gasteiger charge is -2.31. The van der Waals surface area contributed by atoms with E-state index in [0.29, 0.717) is 6.61 Å². The van der Waals surface area contributed by atoms with Crippen LogP contribution in [0.3, 0.4) is 0 Å². The SMILES string of the molecule is Cc1ccoc1CN1CCC(OCCC(=O)O)CC1. The Morgan fingerprint density at radius 3 is 2.84 bits per heavy atom. The second kappa shape index (κ2) is 6.73. The van der Waals surface area contributed by atoms with Crippen molar-refractivity contribution in [3.8, 4) is 0 Å². The molecule has 2 rings (SSSR count). The molecule has 5 nitrogen and oxygen atoms in total. The van der Waals surface area contributed by atoms with E-state index < -0.39 is 5.97 Å². The minimum atomic E-state index is -0.800. The zero-order valence-electron chi connectivity index (χ0n) is 11.3. The molecule has 1 aromatic rings. The summed E-state index contributed by atoms with van der Waals surface area (Å²) in [6.45, 7) is 5.16. The smallest absolute Gasteiger partial charge is 0.305 e. The van der Waals surface area contributed by atoms with Crippen LogP contribution in [0.5, 0.6) is 0 Å². The van der Waals surface area contributed by atoms with Gasteiger partial charge in [0, 0.05) is 13.1 Å². The molecule has 106 valence electrons. The first-order chi connectivity index (χ1) is 9.15. The Balaban J connectivity index is 1.68. The fraction of sp³-hybridized carbons (Fsp3) is 0.643. The molecule has 0 saturated carbocycles. The van der Waals surface area contributed by atoms with E-state index >= 15 is 0 Å². The summed E-state index contributed by atoms with van der Waals surface area (Å²) in [7, 11) is 0. The molecule has 1 aliphatic heterocycles. The van der Waals surface area contributed by atoms with E-state index in [2.05, 4.69) is 11.8 Å². The number of rotatable bonds is 6. The van der Waals surface area contributed by atoms with Crippen molar-refractivity contribution in [2.75, 3.05) is 19.7 Å². The molecule has 1 N–H and O–H groups in total. The first-order valence-electron chi connectivity index (χ1n) is 6.74. The van der Waals surface area contributed by atoms with Crippen LogP contribution in [-0.4, -0.2) is 41.8 Å². The number of aryl methyl sites for hydroxylation is 1. The Morgan fingerprint density at radius 1 is 1.53 bits per heavy atom. The van der Waals surface area contributed by atoms with Crippen LogP contribution in [0.15, 0.2) is 16.7 Å². The number of hydrogen-bond donors (Lipinski definition) is 1. The molecular weight excluding hydrogens is 246 g/mol. The van der Waals surface area contributed by atoms with E-state index in [1.54, 1.807) is 6.26 Å². The van der Waals surface area contributed by atoms with Crippen LogP contribution in [0.4, 0.5) is 0 Å². The maximum atomic E-state index is 10.4. The van der Waals surface area contributed by atoms with Crippen molar-refractivity contribution in [3.63, 3.8) is 0 Å². The largest absolute Gasteiger partial charge is 0.481 e. The van der Waals surface area contributed by atoms with Crippen LogP contribution in [0.2, 0.25) is 0 Å². The van der Waals surface area contributed by atoms with Gasteiger partial charge in [0.2, 0.25) is 0 Å². The van der Waals surface area contributed by atoms with Crippen LogP contribution in [-0.2, 0) is 16.1 Å². The maximum Gasteiger partial charge on any atom is 0.305 e. The molecule has 1 aromatic heterocycles. The molecule has 2 heterocycles. The van der Waals surface area contributed by atoms with Gasteiger partial charge in [-0.1, -0.05) is 0 Å². The third kappa shape index (κ3) is 4.36. The Bertz CT molecular complexity index is 407. The molecule has 1 fully saturated rings. The highest BCUT2D eigenvalue weighted by Gasteiger charge is 2.21. The zero-order valence-corrected chi connectivity index (χ0v) is 11.3. The summed E-state index contributed by atoms with van der Waals surface area (Å²) in [4.78, 5) is 12.8. The third-order valence-electron chi connectivity index (χ3n) is 3.54. The molecule has 0 aromatic carbocycles. The molecule has 0 amide bonds. The van der Waals surface area contributed by atoms with Crippen molar-refractivity contribution >= 4 is 5.97 Å². The molecule has 0 unspecified atom stereocenters. The van der Waals surface area contributed by atoms with Crippen molar-refractivity contribution < 1.29 is 19.1 Å². The summed E-state index contributed by atoms with van der Waals surface area (Å²) in [5.74, 6) is 0.232. The van der Waals surface area contributed by atoms with E-state index in [4.69, 9.17) is 14.3 Å². The number of likely N-dealkylation sites (tertiary alicyclic amines) is 1. The number of piperidine rings is 1. The molecule has 0 radical (unpaired) electrons. The Hall–Kier alpha value is -1.33. The van der Waals surface area contributed by atoms with E-state index in [0.717, 1.165) is 38.2 Å². The van der Waals surface area contributed by atoms with Crippen molar-refractivity contribution in [1.29, 1.82) is 0 Å². The quantitative estimate of drug-likeness (QED) is 0.854. The standard InChI is InChI=1S/C14H21NO4/c1-11-4-8-19-13(11)10-15-6-2-12(3-7-15)18-9-5-14(16)17/h4,8,12H,2-3,5-7,9-10H2,1H3,(H,16,17). The van der Waals surface area contributed by atoms with Crippen LogP contribution >= 0.6 is 0 Å². The number of carboxylic acid groups (broad SMARTS) is 1. The normalized spacial score (nSPS) is 17.7. The lowest BCUT2D eigenvalue weighted by Crippen LogP contribution is -2.36. The molecule has 0 atom stereocenters. The summed E-state index contributed by atoms with van der Waals surface area (Å²) in [5.41, 5.74) is 1.19. The highest BCUT2D eigenvalue weighted by molar-refractivity contribution is 5.66. The predicted molar refractivity (Wildman–Crippen MR) is 69.9 cm³/mol. The van der Waals surface area contributed by atoms with Crippen molar-refractivity contribution in [2.24, 2.45) is 0 Å². The van der Waals surface area contributed by atoms with Gasteiger partial charge in [-0.05, 0) is 31.4 Å². The van der Waals surface area contributed by atoms with Gasteiger partial charge in [-0.2, -0.15) is 0 Å². The minimum Gasteiger partial charge on any atom is -0.481 e. The van der Waals surface area contributed by atoms with Crippen molar-refractivity contribution in [1.82, 2.24) is 4.90 Å². The minimum absolute atomic E-state index is 0.0891. The molecule has 0 aliphatic carbocycles. The molecule has 0 bridgehead atoms. The zero-order chi connectivity index (χ0) is 13.7. The highest BCUT2D eigenvalue weighted by Crippen LogP contribution is 2.18. The molecule has 0 spiro atoms. The van der Waals surface area contributed by atoms with E-state index in [1.807, 2.05) is 6.07 Å². The van der Waals surface area contributed by atoms with Gasteiger partial charge in [-0.15, -0.1) is 0 Å². The van der Waals surface area contributed by atoms with Gasteiger partial charge in [-0.25, -0.2) is 0 Å². The van der Waals surface area contributed by atoms with Crippen molar-refractivity contribution in [2.45, 2.75) is 38.8 Å². The maximum absolute atomic E-state index is 10.4. The second-order valence-corrected chi connectivity index (χ2v) is 5.02. The van der Waals surface area contributed by atoms with Gasteiger partial charge in [-0.3, -0.25) is 9.69 Å². The summed E-state index contributed by atoms with van der Waals surface area (Å²) in [5, 5.41) is 8.56. The van der Waals surface area contributed by atoms with Crippen LogP contribution in [0.25, 0.3) is 0 Å². The summed E-state index contributed by atoms with van der Waals surface area (Å²) in [6.07, 6.45) is 3.94. The van der Waals surface area contributed by atoms with E-state index in [9.17, 15) is 4.79 Å². The molecule has 1 saturated heterocycles. The third-order valence-corrected chi connectivity index (χ3v) is 3.54. The summed E-state index contributed by atoms with van der Waals surface area (Å²) in [6, 6.07) is 1.98. The Morgan fingerprint density at radius 2 is 2.26 bits per heavy atom. The number of ether oxygens (including phenoxy) is 1. The predicted octanol–water partition coefficient (Wildman–Crippen LogP) is 2.04. The number of hydrogen-bond acceptors (Lipinski definition) is 4. The van der Waals surface area contributed by atoms with Gasteiger partial charge in [0.15, 0.2) is 0 Å². The Labute approximate surface area is 113 Å². The average Bonchev–Trinajstić information content (AvgIpc) is 2.77. The fourth-order valence-corrected chi connectivity index (χ4v) is 2.32. The molecule has 1 aliphatic rings. The fourth-order valence-electron chi connectivity index (χ4n) is 2.32. The van der Waals surface area contributed by atoms with Gasteiger partial charge in [0.05, 0.1) is 31.9 Å². The van der Waals surface area contributed by atoms with Gasteiger partial charge in [0.1, 0.15) is 5.76 Å². The van der Waals surface area contributed by atoms with Gasteiger partial charge < -0.3 is 14.3 Å². The lowest BCUT2D eigenvalue weighted by atomic mass is 10.1. The second-order valence-electron chi connectivity index (χ2n) is 5.02. The van der Waals surface area contributed by atoms with Gasteiger partial charge >= 0.3 is 5.97 Å². The average molecular weight is 267 g/mol. The summed E-state index contributed by atoms with van der Waals surface area (Å²) < 4.78 is 11.0.